The van der Waals surface area contributed by atoms with E-state index in [1.54, 1.807) is 12.4 Å². The zero-order valence-corrected chi connectivity index (χ0v) is 25.7. The molecule has 0 saturated heterocycles. The molecule has 2 N–H and O–H groups in total. The first kappa shape index (κ1) is 31.2. The molecule has 1 aromatic heterocycles. The van der Waals surface area contributed by atoms with Gasteiger partial charge in [-0.1, -0.05) is 24.3 Å². The number of aromatic nitrogens is 2. The number of hydrogen-bond donors (Lipinski definition) is 2. The summed E-state index contributed by atoms with van der Waals surface area (Å²) < 4.78 is 0.598. The van der Waals surface area contributed by atoms with Crippen LogP contribution in [0.1, 0.15) is 11.1 Å². The lowest BCUT2D eigenvalue weighted by molar-refractivity contribution is 0.874. The molecule has 8 nitrogen and oxygen atoms in total. The lowest BCUT2D eigenvalue weighted by Gasteiger charge is -2.22. The average Bonchev–Trinajstić information content (AvgIpc) is 2.95. The Hall–Kier alpha value is -2.30. The highest BCUT2D eigenvalue weighted by molar-refractivity contribution is 9.10. The monoisotopic (exact) mass is 672 g/mol. The van der Waals surface area contributed by atoms with Crippen molar-refractivity contribution in [2.45, 2.75) is 0 Å². The number of nitrogens with zero attached hydrogens (tertiary/aromatic N) is 6. The van der Waals surface area contributed by atoms with Gasteiger partial charge in [0.1, 0.15) is 10.8 Å². The highest BCUT2D eigenvalue weighted by atomic mass is 79.9. The Morgan fingerprint density at radius 1 is 0.641 bits per heavy atom. The number of benzene rings is 2. The molecule has 0 aliphatic carbocycles. The van der Waals surface area contributed by atoms with E-state index in [0.29, 0.717) is 39.6 Å². The summed E-state index contributed by atoms with van der Waals surface area (Å²) in [6.07, 6.45) is 4.85. The van der Waals surface area contributed by atoms with Crippen LogP contribution in [-0.2, 0) is 0 Å². The van der Waals surface area contributed by atoms with Crippen LogP contribution in [0, 0.1) is 0 Å². The molecule has 13 heteroatoms. The summed E-state index contributed by atoms with van der Waals surface area (Å²) in [7, 11) is 0. The largest absolute Gasteiger partial charge is 0.369 e. The molecule has 0 saturated carbocycles. The van der Waals surface area contributed by atoms with Crippen LogP contribution < -0.4 is 20.7 Å². The predicted molar refractivity (Wildman–Crippen MR) is 172 cm³/mol. The lowest BCUT2D eigenvalue weighted by atomic mass is 10.2. The van der Waals surface area contributed by atoms with Gasteiger partial charge >= 0.3 is 0 Å². The molecule has 0 bridgehead atoms. The zero-order chi connectivity index (χ0) is 27.9. The second-order valence-electron chi connectivity index (χ2n) is 8.04. The van der Waals surface area contributed by atoms with E-state index in [9.17, 15) is 0 Å². The summed E-state index contributed by atoms with van der Waals surface area (Å²) in [6.45, 7) is 2.95. The first-order valence-corrected chi connectivity index (χ1v) is 15.0. The van der Waals surface area contributed by atoms with E-state index in [0.717, 1.165) is 48.7 Å². The van der Waals surface area contributed by atoms with E-state index >= 15 is 0 Å². The SMILES string of the molecule is ClCCN(CCCl)c1ccc(/C=N\Nc2ncnc(N/N=C\c3ccc(N(CCCl)CCCl)cc3)c2Br)cc1. The Morgan fingerprint density at radius 2 is 1.00 bits per heavy atom. The van der Waals surface area contributed by atoms with Crippen molar-refractivity contribution in [3.8, 4) is 0 Å². The van der Waals surface area contributed by atoms with Gasteiger partial charge in [-0.05, 0) is 51.3 Å². The van der Waals surface area contributed by atoms with E-state index in [2.05, 4.69) is 56.8 Å². The van der Waals surface area contributed by atoms with E-state index < -0.39 is 0 Å². The Labute approximate surface area is 257 Å². The summed E-state index contributed by atoms with van der Waals surface area (Å²) in [6, 6.07) is 16.0. The van der Waals surface area contributed by atoms with E-state index in [1.165, 1.54) is 6.33 Å². The number of hydrazone groups is 2. The van der Waals surface area contributed by atoms with Gasteiger partial charge in [0.15, 0.2) is 11.6 Å². The van der Waals surface area contributed by atoms with Crippen LogP contribution in [0.4, 0.5) is 23.0 Å². The number of hydrogen-bond acceptors (Lipinski definition) is 8. The van der Waals surface area contributed by atoms with Crippen LogP contribution in [0.5, 0.6) is 0 Å². The highest BCUT2D eigenvalue weighted by Gasteiger charge is 2.08. The molecule has 1 heterocycles. The minimum Gasteiger partial charge on any atom is -0.369 e. The summed E-state index contributed by atoms with van der Waals surface area (Å²) >= 11 is 27.1. The third-order valence-corrected chi connectivity index (χ3v) is 6.92. The van der Waals surface area contributed by atoms with Crippen LogP contribution in [0.25, 0.3) is 0 Å². The number of halogens is 5. The second kappa shape index (κ2) is 17.4. The molecule has 0 fully saturated rings. The van der Waals surface area contributed by atoms with Gasteiger partial charge in [0.25, 0.3) is 0 Å². The van der Waals surface area contributed by atoms with Crippen molar-refractivity contribution in [1.82, 2.24) is 9.97 Å². The van der Waals surface area contributed by atoms with Crippen LogP contribution in [0.15, 0.2) is 69.5 Å². The summed E-state index contributed by atoms with van der Waals surface area (Å²) in [5.74, 6) is 3.14. The van der Waals surface area contributed by atoms with E-state index in [-0.39, 0.29) is 0 Å². The maximum atomic E-state index is 5.90. The topological polar surface area (TPSA) is 81.0 Å². The second-order valence-corrected chi connectivity index (χ2v) is 10.3. The van der Waals surface area contributed by atoms with Gasteiger partial charge in [-0.3, -0.25) is 10.9 Å². The third kappa shape index (κ3) is 9.99. The fourth-order valence-electron chi connectivity index (χ4n) is 3.55. The molecule has 0 atom stereocenters. The molecule has 0 unspecified atom stereocenters. The van der Waals surface area contributed by atoms with Gasteiger partial charge in [0.05, 0.1) is 12.4 Å². The van der Waals surface area contributed by atoms with Crippen molar-refractivity contribution < 1.29 is 0 Å². The first-order valence-electron chi connectivity index (χ1n) is 12.1. The number of anilines is 4. The third-order valence-electron chi connectivity index (χ3n) is 5.49. The maximum Gasteiger partial charge on any atom is 0.166 e. The minimum atomic E-state index is 0.494. The minimum absolute atomic E-state index is 0.494. The van der Waals surface area contributed by atoms with Crippen molar-refractivity contribution in [3.63, 3.8) is 0 Å². The molecular formula is C26H29BrCl4N8. The standard InChI is InChI=1S/C26H29BrCl4N8/c27-24-25(36-34-17-20-1-5-22(6-2-20)38(13-9-28)14-10-29)32-19-33-26(24)37-35-18-21-3-7-23(8-4-21)39(15-11-30)16-12-31/h1-8,17-19H,9-16H2,(H2,32,33,36,37)/b34-17-,35-18-. The molecule has 2 aromatic carbocycles. The van der Waals surface area contributed by atoms with Crippen molar-refractivity contribution in [1.29, 1.82) is 0 Å². The Morgan fingerprint density at radius 3 is 1.33 bits per heavy atom. The van der Waals surface area contributed by atoms with Gasteiger partial charge < -0.3 is 9.80 Å². The fraction of sp³-hybridized carbons (Fsp3) is 0.308. The number of nitrogens with one attached hydrogen (secondary N) is 2. The van der Waals surface area contributed by atoms with E-state index in [4.69, 9.17) is 46.4 Å². The van der Waals surface area contributed by atoms with Gasteiger partial charge in [-0.2, -0.15) is 10.2 Å². The lowest BCUT2D eigenvalue weighted by Crippen LogP contribution is -2.27. The molecule has 208 valence electrons. The van der Waals surface area contributed by atoms with Crippen molar-refractivity contribution >= 4 is 97.8 Å². The molecule has 39 heavy (non-hydrogen) atoms. The smallest absolute Gasteiger partial charge is 0.166 e. The average molecular weight is 675 g/mol. The zero-order valence-electron chi connectivity index (χ0n) is 21.1. The molecule has 0 radical (unpaired) electrons. The maximum absolute atomic E-state index is 5.90. The first-order chi connectivity index (χ1) is 19.1. The quantitative estimate of drug-likeness (QED) is 0.100. The van der Waals surface area contributed by atoms with Crippen molar-refractivity contribution in [3.05, 3.63) is 70.5 Å². The van der Waals surface area contributed by atoms with Crippen molar-refractivity contribution in [2.24, 2.45) is 10.2 Å². The Bertz CT molecular complexity index is 1090. The highest BCUT2D eigenvalue weighted by Crippen LogP contribution is 2.26. The van der Waals surface area contributed by atoms with Gasteiger partial charge in [-0.25, -0.2) is 9.97 Å². The Kier molecular flexibility index (Phi) is 13.9. The summed E-state index contributed by atoms with van der Waals surface area (Å²) in [4.78, 5) is 12.8. The van der Waals surface area contributed by atoms with Gasteiger partial charge in [0.2, 0.25) is 0 Å². The van der Waals surface area contributed by atoms with Gasteiger partial charge in [-0.15, -0.1) is 46.4 Å². The van der Waals surface area contributed by atoms with E-state index in [1.807, 2.05) is 48.5 Å². The molecule has 3 rings (SSSR count). The van der Waals surface area contributed by atoms with Crippen LogP contribution in [-0.4, -0.2) is 72.1 Å². The Balaban J connectivity index is 1.58. The predicted octanol–water partition coefficient (Wildman–Crippen LogP) is 6.70. The molecule has 0 spiro atoms. The molecule has 0 amide bonds. The summed E-state index contributed by atoms with van der Waals surface area (Å²) in [5, 5.41) is 8.60. The number of alkyl halides is 4. The molecule has 0 aliphatic heterocycles. The van der Waals surface area contributed by atoms with Crippen molar-refractivity contribution in [2.75, 3.05) is 70.4 Å². The summed E-state index contributed by atoms with van der Waals surface area (Å²) in [5.41, 5.74) is 9.85. The fourth-order valence-corrected chi connectivity index (χ4v) is 4.75. The van der Waals surface area contributed by atoms with Crippen LogP contribution >= 0.6 is 62.3 Å². The van der Waals surface area contributed by atoms with Crippen LogP contribution in [0.3, 0.4) is 0 Å². The molecule has 3 aromatic rings. The molecule has 0 aliphatic rings. The normalized spacial score (nSPS) is 11.3. The number of rotatable bonds is 16. The van der Waals surface area contributed by atoms with Gasteiger partial charge in [0, 0.05) is 61.1 Å². The molecular weight excluding hydrogens is 646 g/mol. The van der Waals surface area contributed by atoms with Crippen LogP contribution in [0.2, 0.25) is 0 Å².